The van der Waals surface area contributed by atoms with Crippen LogP contribution in [0.15, 0.2) is 34.4 Å². The largest absolute Gasteiger partial charge is 0.358 e. The van der Waals surface area contributed by atoms with E-state index in [1.54, 1.807) is 7.05 Å². The summed E-state index contributed by atoms with van der Waals surface area (Å²) < 4.78 is 0. The van der Waals surface area contributed by atoms with Crippen LogP contribution >= 0.6 is 12.4 Å². The fourth-order valence-corrected chi connectivity index (χ4v) is 1.86. The summed E-state index contributed by atoms with van der Waals surface area (Å²) >= 11 is 0. The van der Waals surface area contributed by atoms with Crippen LogP contribution in [-0.2, 0) is 6.42 Å². The summed E-state index contributed by atoms with van der Waals surface area (Å²) in [5, 5.41) is 7.31. The maximum atomic E-state index is 4.38. The lowest BCUT2D eigenvalue weighted by molar-refractivity contribution is 0.929. The summed E-state index contributed by atoms with van der Waals surface area (Å²) in [5.41, 5.74) is 6.66. The Labute approximate surface area is 108 Å². The van der Waals surface area contributed by atoms with Gasteiger partial charge in [0, 0.05) is 19.7 Å². The Bertz CT molecular complexity index is 440. The lowest BCUT2D eigenvalue weighted by atomic mass is 10.1. The zero-order valence-corrected chi connectivity index (χ0v) is 10.8. The lowest BCUT2D eigenvalue weighted by Gasteiger charge is -2.04. The molecule has 0 spiro atoms. The third kappa shape index (κ3) is 2.97. The second-order valence-corrected chi connectivity index (χ2v) is 3.65. The Morgan fingerprint density at radius 3 is 2.71 bits per heavy atom. The summed E-state index contributed by atoms with van der Waals surface area (Å²) in [5.74, 6) is 0.678. The summed E-state index contributed by atoms with van der Waals surface area (Å²) in [6.07, 6.45) is 2.07. The van der Waals surface area contributed by atoms with Gasteiger partial charge in [0.2, 0.25) is 5.96 Å². The van der Waals surface area contributed by atoms with Crippen molar-refractivity contribution >= 4 is 24.1 Å². The van der Waals surface area contributed by atoms with Crippen LogP contribution in [0, 0.1) is 0 Å². The van der Waals surface area contributed by atoms with Crippen molar-refractivity contribution in [1.82, 2.24) is 10.7 Å². The molecule has 2 N–H and O–H groups in total. The molecule has 0 aromatic heterocycles. The molecule has 4 nitrogen and oxygen atoms in total. The highest BCUT2D eigenvalue weighted by atomic mass is 35.5. The second kappa shape index (κ2) is 6.25. The summed E-state index contributed by atoms with van der Waals surface area (Å²) in [4.78, 5) is 4.01. The number of nitrogens with zero attached hydrogens (tertiary/aromatic N) is 2. The zero-order chi connectivity index (χ0) is 11.4. The SMILES string of the molecule is CN=C(NC)N/N=C1\CCc2ccccc21.Cl. The first-order valence-electron chi connectivity index (χ1n) is 5.40. The molecule has 0 saturated carbocycles. The van der Waals surface area contributed by atoms with Gasteiger partial charge in [0.05, 0.1) is 5.71 Å². The molecule has 0 atom stereocenters. The fraction of sp³-hybridized carbons (Fsp3) is 0.333. The van der Waals surface area contributed by atoms with Crippen LogP contribution < -0.4 is 10.7 Å². The van der Waals surface area contributed by atoms with Crippen molar-refractivity contribution in [3.05, 3.63) is 35.4 Å². The van der Waals surface area contributed by atoms with Gasteiger partial charge in [-0.2, -0.15) is 5.10 Å². The van der Waals surface area contributed by atoms with Crippen molar-refractivity contribution in [2.75, 3.05) is 14.1 Å². The highest BCUT2D eigenvalue weighted by Crippen LogP contribution is 2.21. The fourth-order valence-electron chi connectivity index (χ4n) is 1.86. The number of rotatable bonds is 1. The molecule has 0 bridgehead atoms. The van der Waals surface area contributed by atoms with Crippen LogP contribution in [0.1, 0.15) is 17.5 Å². The molecular weight excluding hydrogens is 236 g/mol. The topological polar surface area (TPSA) is 48.8 Å². The molecular formula is C12H17ClN4. The smallest absolute Gasteiger partial charge is 0.211 e. The van der Waals surface area contributed by atoms with Crippen molar-refractivity contribution in [3.63, 3.8) is 0 Å². The van der Waals surface area contributed by atoms with Gasteiger partial charge in [-0.05, 0) is 18.4 Å². The van der Waals surface area contributed by atoms with E-state index < -0.39 is 0 Å². The Morgan fingerprint density at radius 2 is 2.00 bits per heavy atom. The third-order valence-electron chi connectivity index (χ3n) is 2.72. The van der Waals surface area contributed by atoms with E-state index in [4.69, 9.17) is 0 Å². The van der Waals surface area contributed by atoms with Crippen LogP contribution in [-0.4, -0.2) is 25.8 Å². The Kier molecular flexibility index (Phi) is 4.97. The van der Waals surface area contributed by atoms with Gasteiger partial charge < -0.3 is 5.32 Å². The molecule has 0 amide bonds. The van der Waals surface area contributed by atoms with E-state index in [1.165, 1.54) is 11.1 Å². The molecule has 0 aliphatic heterocycles. The quantitative estimate of drug-likeness (QED) is 0.453. The molecule has 0 heterocycles. The highest BCUT2D eigenvalue weighted by molar-refractivity contribution is 6.04. The molecule has 0 fully saturated rings. The number of aryl methyl sites for hydroxylation is 1. The van der Waals surface area contributed by atoms with Crippen molar-refractivity contribution in [3.8, 4) is 0 Å². The molecule has 1 aromatic rings. The maximum Gasteiger partial charge on any atom is 0.211 e. The number of hydrazone groups is 1. The number of guanidine groups is 1. The summed E-state index contributed by atoms with van der Waals surface area (Å²) in [6.45, 7) is 0. The van der Waals surface area contributed by atoms with Crippen molar-refractivity contribution < 1.29 is 0 Å². The minimum absolute atomic E-state index is 0. The molecule has 5 heteroatoms. The van der Waals surface area contributed by atoms with Crippen molar-refractivity contribution in [1.29, 1.82) is 0 Å². The van der Waals surface area contributed by atoms with Crippen LogP contribution in [0.4, 0.5) is 0 Å². The molecule has 0 radical (unpaired) electrons. The van der Waals surface area contributed by atoms with Crippen LogP contribution in [0.2, 0.25) is 0 Å². The average molecular weight is 253 g/mol. The van der Waals surface area contributed by atoms with E-state index in [2.05, 4.69) is 39.0 Å². The predicted octanol–water partition coefficient (Wildman–Crippen LogP) is 1.55. The first-order chi connectivity index (χ1) is 7.85. The molecule has 1 aliphatic rings. The molecule has 1 aromatic carbocycles. The average Bonchev–Trinajstić information content (AvgIpc) is 2.74. The number of hydrogen-bond donors (Lipinski definition) is 2. The molecule has 0 saturated heterocycles. The number of aliphatic imine (C=N–C) groups is 1. The van der Waals surface area contributed by atoms with Gasteiger partial charge in [0.15, 0.2) is 0 Å². The molecule has 92 valence electrons. The van der Waals surface area contributed by atoms with E-state index in [0.29, 0.717) is 5.96 Å². The Morgan fingerprint density at radius 1 is 1.24 bits per heavy atom. The van der Waals surface area contributed by atoms with Gasteiger partial charge >= 0.3 is 0 Å². The molecule has 0 unspecified atom stereocenters. The molecule has 1 aliphatic carbocycles. The minimum Gasteiger partial charge on any atom is -0.358 e. The number of halogens is 1. The number of benzene rings is 1. The van der Waals surface area contributed by atoms with Crippen LogP contribution in [0.5, 0.6) is 0 Å². The van der Waals surface area contributed by atoms with Gasteiger partial charge in [0.25, 0.3) is 0 Å². The summed E-state index contributed by atoms with van der Waals surface area (Å²) in [6, 6.07) is 8.39. The molecule has 2 rings (SSSR count). The van der Waals surface area contributed by atoms with Gasteiger partial charge in [-0.1, -0.05) is 24.3 Å². The minimum atomic E-state index is 0. The number of hydrogen-bond acceptors (Lipinski definition) is 2. The first-order valence-corrected chi connectivity index (χ1v) is 5.40. The second-order valence-electron chi connectivity index (χ2n) is 3.65. The monoisotopic (exact) mass is 252 g/mol. The number of nitrogens with one attached hydrogen (secondary N) is 2. The van der Waals surface area contributed by atoms with E-state index in [1.807, 2.05) is 13.1 Å². The van der Waals surface area contributed by atoms with Crippen molar-refractivity contribution in [2.24, 2.45) is 10.1 Å². The normalized spacial score (nSPS) is 16.4. The van der Waals surface area contributed by atoms with Gasteiger partial charge in [-0.25, -0.2) is 5.43 Å². The van der Waals surface area contributed by atoms with E-state index >= 15 is 0 Å². The van der Waals surface area contributed by atoms with E-state index in [0.717, 1.165) is 18.6 Å². The van der Waals surface area contributed by atoms with Gasteiger partial charge in [-0.3, -0.25) is 4.99 Å². The summed E-state index contributed by atoms with van der Waals surface area (Å²) in [7, 11) is 3.54. The predicted molar refractivity (Wildman–Crippen MR) is 74.1 cm³/mol. The Hall–Kier alpha value is -1.55. The van der Waals surface area contributed by atoms with Crippen molar-refractivity contribution in [2.45, 2.75) is 12.8 Å². The Balaban J connectivity index is 0.00000144. The van der Waals surface area contributed by atoms with E-state index in [-0.39, 0.29) is 12.4 Å². The first kappa shape index (κ1) is 13.5. The lowest BCUT2D eigenvalue weighted by Crippen LogP contribution is -2.31. The molecule has 17 heavy (non-hydrogen) atoms. The third-order valence-corrected chi connectivity index (χ3v) is 2.72. The standard InChI is InChI=1S/C12H16N4.ClH/c1-13-12(14-2)16-15-11-8-7-9-5-3-4-6-10(9)11;/h3-6H,7-8H2,1-2H3,(H2,13,14,16);1H/b15-11+;. The maximum absolute atomic E-state index is 4.38. The zero-order valence-electron chi connectivity index (χ0n) is 10.0. The van der Waals surface area contributed by atoms with Gasteiger partial charge in [-0.15, -0.1) is 12.4 Å². The number of fused-ring (bicyclic) bond motifs is 1. The highest BCUT2D eigenvalue weighted by Gasteiger charge is 2.16. The van der Waals surface area contributed by atoms with E-state index in [9.17, 15) is 0 Å². The van der Waals surface area contributed by atoms with Crippen LogP contribution in [0.25, 0.3) is 0 Å². The van der Waals surface area contributed by atoms with Gasteiger partial charge in [0.1, 0.15) is 0 Å². The van der Waals surface area contributed by atoms with Crippen LogP contribution in [0.3, 0.4) is 0 Å².